The molecule has 0 heterocycles. The molecule has 118 valence electrons. The summed E-state index contributed by atoms with van der Waals surface area (Å²) >= 11 is -0.556. The van der Waals surface area contributed by atoms with Crippen LogP contribution in [-0.2, 0) is 17.0 Å². The van der Waals surface area contributed by atoms with Gasteiger partial charge in [-0.15, -0.1) is 0 Å². The number of hydrogen-bond acceptors (Lipinski definition) is 2. The third-order valence-electron chi connectivity index (χ3n) is 5.31. The Labute approximate surface area is 141 Å². The van der Waals surface area contributed by atoms with Gasteiger partial charge in [-0.25, -0.2) is 0 Å². The summed E-state index contributed by atoms with van der Waals surface area (Å²) in [6, 6.07) is 0. The molecule has 4 N–H and O–H groups in total. The van der Waals surface area contributed by atoms with Gasteiger partial charge in [-0.3, -0.25) is 0 Å². The topological polar surface area (TPSA) is 52.0 Å². The SMILES string of the molecule is NCCC(N)(C1CCCCC1)C1CCCCC1.[Cl][Ti][Cl]. The normalized spacial score (nSPS) is 22.0. The van der Waals surface area contributed by atoms with Crippen molar-refractivity contribution in [3.05, 3.63) is 0 Å². The maximum atomic E-state index is 6.88. The van der Waals surface area contributed by atoms with Crippen LogP contribution in [0.2, 0.25) is 0 Å². The van der Waals surface area contributed by atoms with Crippen LogP contribution in [-0.4, -0.2) is 12.1 Å². The Bertz CT molecular complexity index is 224. The molecule has 0 atom stereocenters. The fourth-order valence-corrected chi connectivity index (χ4v) is 4.27. The minimum absolute atomic E-state index is 0.0651. The van der Waals surface area contributed by atoms with Crippen LogP contribution in [0.1, 0.15) is 70.6 Å². The zero-order chi connectivity index (χ0) is 14.8. The van der Waals surface area contributed by atoms with Crippen molar-refractivity contribution >= 4 is 18.6 Å². The van der Waals surface area contributed by atoms with Crippen LogP contribution in [0.3, 0.4) is 0 Å². The number of rotatable bonds is 4. The molecule has 2 aliphatic carbocycles. The second kappa shape index (κ2) is 10.9. The molecule has 2 saturated carbocycles. The van der Waals surface area contributed by atoms with Gasteiger partial charge in [0, 0.05) is 5.54 Å². The van der Waals surface area contributed by atoms with Crippen LogP contribution in [0.25, 0.3) is 0 Å². The van der Waals surface area contributed by atoms with Gasteiger partial charge in [0.05, 0.1) is 0 Å². The van der Waals surface area contributed by atoms with Gasteiger partial charge in [-0.2, -0.15) is 0 Å². The average molecular weight is 357 g/mol. The molecule has 0 saturated heterocycles. The van der Waals surface area contributed by atoms with Gasteiger partial charge in [-0.05, 0) is 50.5 Å². The third kappa shape index (κ3) is 5.78. The summed E-state index contributed by atoms with van der Waals surface area (Å²) in [7, 11) is 9.78. The summed E-state index contributed by atoms with van der Waals surface area (Å²) in [4.78, 5) is 0. The quantitative estimate of drug-likeness (QED) is 0.725. The molecule has 0 aromatic heterocycles. The van der Waals surface area contributed by atoms with Crippen molar-refractivity contribution in [1.29, 1.82) is 0 Å². The zero-order valence-electron chi connectivity index (χ0n) is 12.6. The van der Waals surface area contributed by atoms with Gasteiger partial charge in [0.25, 0.3) is 0 Å². The van der Waals surface area contributed by atoms with Crippen molar-refractivity contribution in [2.75, 3.05) is 6.54 Å². The molecule has 2 aliphatic rings. The summed E-state index contributed by atoms with van der Waals surface area (Å²) in [6.45, 7) is 0.767. The minimum atomic E-state index is -0.556. The van der Waals surface area contributed by atoms with Crippen LogP contribution in [0.5, 0.6) is 0 Å². The monoisotopic (exact) mass is 356 g/mol. The standard InChI is InChI=1S/C15H30N2.2ClH.Ti/c16-12-11-15(17,13-7-3-1-4-8-13)14-9-5-2-6-10-14;;;/h13-14H,1-12,16-17H2;2*1H;/q;;;+2/p-2. The second-order valence-corrected chi connectivity index (χ2v) is 8.97. The molecular formula is C15H30Cl2N2Ti. The molecule has 2 nitrogen and oxygen atoms in total. The predicted octanol–water partition coefficient (Wildman–Crippen LogP) is 4.57. The van der Waals surface area contributed by atoms with E-state index in [4.69, 9.17) is 30.1 Å². The first kappa shape index (κ1) is 19.3. The average Bonchev–Trinajstić information content (AvgIpc) is 2.50. The molecule has 2 fully saturated rings. The van der Waals surface area contributed by atoms with E-state index in [2.05, 4.69) is 0 Å². The second-order valence-electron chi connectivity index (χ2n) is 6.39. The molecule has 0 radical (unpaired) electrons. The van der Waals surface area contributed by atoms with Crippen LogP contribution < -0.4 is 11.5 Å². The number of halogens is 2. The van der Waals surface area contributed by atoms with Gasteiger partial charge in [-0.1, -0.05) is 38.5 Å². The Morgan fingerprint density at radius 3 is 1.50 bits per heavy atom. The first-order chi connectivity index (χ1) is 9.69. The zero-order valence-corrected chi connectivity index (χ0v) is 15.6. The van der Waals surface area contributed by atoms with Crippen LogP contribution in [0.15, 0.2) is 0 Å². The molecule has 0 bridgehead atoms. The van der Waals surface area contributed by atoms with E-state index in [1.807, 2.05) is 0 Å². The molecule has 20 heavy (non-hydrogen) atoms. The Morgan fingerprint density at radius 1 is 0.850 bits per heavy atom. The summed E-state index contributed by atoms with van der Waals surface area (Å²) in [6.07, 6.45) is 14.9. The Hall–Kier alpha value is 1.21. The first-order valence-corrected chi connectivity index (χ1v) is 12.4. The van der Waals surface area contributed by atoms with Gasteiger partial charge < -0.3 is 11.5 Å². The summed E-state index contributed by atoms with van der Waals surface area (Å²) < 4.78 is 0. The molecule has 0 aliphatic heterocycles. The molecule has 0 unspecified atom stereocenters. The van der Waals surface area contributed by atoms with Gasteiger partial charge >= 0.3 is 35.6 Å². The summed E-state index contributed by atoms with van der Waals surface area (Å²) in [5, 5.41) is 0. The third-order valence-corrected chi connectivity index (χ3v) is 5.31. The van der Waals surface area contributed by atoms with Crippen LogP contribution in [0, 0.1) is 11.8 Å². The van der Waals surface area contributed by atoms with Crippen molar-refractivity contribution in [2.45, 2.75) is 76.2 Å². The first-order valence-electron chi connectivity index (χ1n) is 8.14. The molecule has 5 heteroatoms. The predicted molar refractivity (Wildman–Crippen MR) is 85.4 cm³/mol. The Morgan fingerprint density at radius 2 is 1.20 bits per heavy atom. The van der Waals surface area contributed by atoms with E-state index >= 15 is 0 Å². The molecule has 0 amide bonds. The maximum absolute atomic E-state index is 6.88. The van der Waals surface area contributed by atoms with E-state index in [9.17, 15) is 0 Å². The summed E-state index contributed by atoms with van der Waals surface area (Å²) in [5.41, 5.74) is 12.8. The fourth-order valence-electron chi connectivity index (χ4n) is 4.27. The van der Waals surface area contributed by atoms with Crippen molar-refractivity contribution in [1.82, 2.24) is 0 Å². The van der Waals surface area contributed by atoms with E-state index in [1.165, 1.54) is 64.2 Å². The van der Waals surface area contributed by atoms with Crippen LogP contribution >= 0.6 is 18.6 Å². The molecule has 0 aromatic carbocycles. The molecule has 0 aromatic rings. The fraction of sp³-hybridized carbons (Fsp3) is 1.00. The van der Waals surface area contributed by atoms with E-state index < -0.39 is 17.0 Å². The van der Waals surface area contributed by atoms with E-state index in [0.717, 1.165) is 24.8 Å². The number of hydrogen-bond donors (Lipinski definition) is 2. The van der Waals surface area contributed by atoms with Crippen molar-refractivity contribution in [3.8, 4) is 0 Å². The number of nitrogens with two attached hydrogens (primary N) is 2. The van der Waals surface area contributed by atoms with E-state index in [0.29, 0.717) is 0 Å². The van der Waals surface area contributed by atoms with E-state index in [-0.39, 0.29) is 5.54 Å². The van der Waals surface area contributed by atoms with E-state index in [1.54, 1.807) is 0 Å². The molecule has 2 rings (SSSR count). The van der Waals surface area contributed by atoms with Crippen molar-refractivity contribution < 1.29 is 17.0 Å². The summed E-state index contributed by atoms with van der Waals surface area (Å²) in [5.74, 6) is 1.51. The molecule has 0 spiro atoms. The van der Waals surface area contributed by atoms with Crippen molar-refractivity contribution in [3.63, 3.8) is 0 Å². The Balaban J connectivity index is 0.000000612. The van der Waals surface area contributed by atoms with Crippen molar-refractivity contribution in [2.24, 2.45) is 23.3 Å². The van der Waals surface area contributed by atoms with Crippen LogP contribution in [0.4, 0.5) is 0 Å². The van der Waals surface area contributed by atoms with Gasteiger partial charge in [0.2, 0.25) is 0 Å². The Kier molecular flexibility index (Phi) is 10.5. The van der Waals surface area contributed by atoms with Gasteiger partial charge in [0.15, 0.2) is 0 Å². The molecular weight excluding hydrogens is 327 g/mol. The van der Waals surface area contributed by atoms with Gasteiger partial charge in [0.1, 0.15) is 0 Å².